The van der Waals surface area contributed by atoms with Gasteiger partial charge in [0.1, 0.15) is 6.07 Å². The Bertz CT molecular complexity index is 365. The number of nitrogens with zero attached hydrogens (tertiary/aromatic N) is 3. The zero-order valence-electron chi connectivity index (χ0n) is 8.61. The standard InChI is InChI=1S/C11H14N4/c12-8-10-5-7-14-15-11(10)13-6-4-9-2-1-3-9/h5,7,9H,1-4,6H2,(H,13,15). The highest BCUT2D eigenvalue weighted by Gasteiger charge is 2.16. The second-order valence-electron chi connectivity index (χ2n) is 3.92. The maximum absolute atomic E-state index is 8.83. The summed E-state index contributed by atoms with van der Waals surface area (Å²) in [6.07, 6.45) is 6.79. The van der Waals surface area contributed by atoms with E-state index in [0.29, 0.717) is 11.4 Å². The van der Waals surface area contributed by atoms with Crippen LogP contribution in [0.5, 0.6) is 0 Å². The molecule has 1 aromatic heterocycles. The molecule has 78 valence electrons. The van der Waals surface area contributed by atoms with Gasteiger partial charge < -0.3 is 5.32 Å². The summed E-state index contributed by atoms with van der Waals surface area (Å²) in [5, 5.41) is 19.7. The summed E-state index contributed by atoms with van der Waals surface area (Å²) in [4.78, 5) is 0. The third-order valence-corrected chi connectivity index (χ3v) is 2.91. The van der Waals surface area contributed by atoms with Crippen molar-refractivity contribution in [2.45, 2.75) is 25.7 Å². The van der Waals surface area contributed by atoms with Crippen molar-refractivity contribution >= 4 is 5.82 Å². The Hall–Kier alpha value is -1.63. The van der Waals surface area contributed by atoms with Gasteiger partial charge in [-0.05, 0) is 18.4 Å². The minimum absolute atomic E-state index is 0.568. The van der Waals surface area contributed by atoms with Crippen molar-refractivity contribution in [1.82, 2.24) is 10.2 Å². The quantitative estimate of drug-likeness (QED) is 0.810. The number of nitriles is 1. The van der Waals surface area contributed by atoms with E-state index in [1.165, 1.54) is 31.9 Å². The predicted molar refractivity (Wildman–Crippen MR) is 57.2 cm³/mol. The van der Waals surface area contributed by atoms with E-state index in [1.54, 1.807) is 6.07 Å². The fourth-order valence-electron chi connectivity index (χ4n) is 1.73. The Balaban J connectivity index is 1.84. The van der Waals surface area contributed by atoms with E-state index in [4.69, 9.17) is 5.26 Å². The minimum atomic E-state index is 0.568. The monoisotopic (exact) mass is 202 g/mol. The third-order valence-electron chi connectivity index (χ3n) is 2.91. The highest BCUT2D eigenvalue weighted by atomic mass is 15.2. The lowest BCUT2D eigenvalue weighted by atomic mass is 9.83. The molecule has 1 aromatic rings. The molecule has 0 atom stereocenters. The summed E-state index contributed by atoms with van der Waals surface area (Å²) in [5.74, 6) is 1.49. The average molecular weight is 202 g/mol. The Morgan fingerprint density at radius 3 is 3.07 bits per heavy atom. The van der Waals surface area contributed by atoms with E-state index in [0.717, 1.165) is 12.5 Å². The predicted octanol–water partition coefficient (Wildman–Crippen LogP) is 1.95. The zero-order valence-corrected chi connectivity index (χ0v) is 8.61. The van der Waals surface area contributed by atoms with E-state index < -0.39 is 0 Å². The van der Waals surface area contributed by atoms with E-state index in [9.17, 15) is 0 Å². The number of hydrogen-bond donors (Lipinski definition) is 1. The van der Waals surface area contributed by atoms with E-state index in [2.05, 4.69) is 21.6 Å². The SMILES string of the molecule is N#Cc1ccnnc1NCCC1CCC1. The Morgan fingerprint density at radius 1 is 1.53 bits per heavy atom. The lowest BCUT2D eigenvalue weighted by molar-refractivity contribution is 0.303. The number of hydrogen-bond acceptors (Lipinski definition) is 4. The number of rotatable bonds is 4. The molecule has 1 saturated carbocycles. The molecule has 0 radical (unpaired) electrons. The first-order valence-electron chi connectivity index (χ1n) is 5.36. The zero-order chi connectivity index (χ0) is 10.5. The molecule has 1 aliphatic carbocycles. The first kappa shape index (κ1) is 9.91. The van der Waals surface area contributed by atoms with Gasteiger partial charge in [-0.3, -0.25) is 0 Å². The van der Waals surface area contributed by atoms with Crippen LogP contribution in [0.3, 0.4) is 0 Å². The summed E-state index contributed by atoms with van der Waals surface area (Å²) in [5.41, 5.74) is 0.568. The highest BCUT2D eigenvalue weighted by molar-refractivity contribution is 5.49. The van der Waals surface area contributed by atoms with Crippen LogP contribution in [-0.2, 0) is 0 Å². The molecule has 0 bridgehead atoms. The topological polar surface area (TPSA) is 61.6 Å². The van der Waals surface area contributed by atoms with Crippen LogP contribution in [0.1, 0.15) is 31.2 Å². The summed E-state index contributed by atoms with van der Waals surface area (Å²) >= 11 is 0. The van der Waals surface area contributed by atoms with Gasteiger partial charge in [-0.15, -0.1) is 5.10 Å². The lowest BCUT2D eigenvalue weighted by Gasteiger charge is -2.25. The second-order valence-corrected chi connectivity index (χ2v) is 3.92. The Morgan fingerprint density at radius 2 is 2.40 bits per heavy atom. The molecule has 0 aliphatic heterocycles. The highest BCUT2D eigenvalue weighted by Crippen LogP contribution is 2.29. The van der Waals surface area contributed by atoms with Gasteiger partial charge in [-0.25, -0.2) is 0 Å². The lowest BCUT2D eigenvalue weighted by Crippen LogP contribution is -2.16. The van der Waals surface area contributed by atoms with Crippen molar-refractivity contribution in [1.29, 1.82) is 5.26 Å². The molecule has 2 rings (SSSR count). The molecule has 0 spiro atoms. The van der Waals surface area contributed by atoms with Crippen LogP contribution in [0.25, 0.3) is 0 Å². The van der Waals surface area contributed by atoms with E-state index >= 15 is 0 Å². The maximum atomic E-state index is 8.83. The van der Waals surface area contributed by atoms with Gasteiger partial charge in [0.05, 0.1) is 11.8 Å². The largest absolute Gasteiger partial charge is 0.367 e. The number of aromatic nitrogens is 2. The van der Waals surface area contributed by atoms with Gasteiger partial charge in [0.25, 0.3) is 0 Å². The van der Waals surface area contributed by atoms with Crippen molar-refractivity contribution < 1.29 is 0 Å². The third kappa shape index (κ3) is 2.44. The van der Waals surface area contributed by atoms with Crippen molar-refractivity contribution in [3.8, 4) is 6.07 Å². The number of anilines is 1. The average Bonchev–Trinajstić information content (AvgIpc) is 2.22. The molecule has 1 fully saturated rings. The Kier molecular flexibility index (Phi) is 3.13. The van der Waals surface area contributed by atoms with Gasteiger partial charge in [-0.2, -0.15) is 10.4 Å². The van der Waals surface area contributed by atoms with Crippen molar-refractivity contribution in [2.75, 3.05) is 11.9 Å². The smallest absolute Gasteiger partial charge is 0.166 e. The van der Waals surface area contributed by atoms with Gasteiger partial charge in [-0.1, -0.05) is 19.3 Å². The van der Waals surface area contributed by atoms with E-state index in [-0.39, 0.29) is 0 Å². The van der Waals surface area contributed by atoms with Gasteiger partial charge in [0.15, 0.2) is 5.82 Å². The molecule has 4 heteroatoms. The van der Waals surface area contributed by atoms with Crippen LogP contribution < -0.4 is 5.32 Å². The molecule has 0 amide bonds. The van der Waals surface area contributed by atoms with Crippen molar-refractivity contribution in [3.05, 3.63) is 17.8 Å². The van der Waals surface area contributed by atoms with Crippen LogP contribution in [0, 0.1) is 17.2 Å². The fourth-order valence-corrected chi connectivity index (χ4v) is 1.73. The summed E-state index contributed by atoms with van der Waals surface area (Å²) in [7, 11) is 0. The second kappa shape index (κ2) is 4.74. The summed E-state index contributed by atoms with van der Waals surface area (Å²) in [6, 6.07) is 3.78. The Labute approximate surface area is 89.3 Å². The molecule has 1 N–H and O–H groups in total. The first-order valence-corrected chi connectivity index (χ1v) is 5.36. The molecule has 15 heavy (non-hydrogen) atoms. The fraction of sp³-hybridized carbons (Fsp3) is 0.545. The number of nitrogens with one attached hydrogen (secondary N) is 1. The van der Waals surface area contributed by atoms with Crippen LogP contribution >= 0.6 is 0 Å². The van der Waals surface area contributed by atoms with Gasteiger partial charge in [0, 0.05) is 6.54 Å². The normalized spacial score (nSPS) is 15.4. The van der Waals surface area contributed by atoms with Crippen molar-refractivity contribution in [3.63, 3.8) is 0 Å². The van der Waals surface area contributed by atoms with Crippen LogP contribution in [0.4, 0.5) is 5.82 Å². The summed E-state index contributed by atoms with van der Waals surface area (Å²) in [6.45, 7) is 0.887. The molecular formula is C11H14N4. The first-order chi connectivity index (χ1) is 7.40. The maximum Gasteiger partial charge on any atom is 0.166 e. The van der Waals surface area contributed by atoms with Crippen LogP contribution in [0.15, 0.2) is 12.3 Å². The molecule has 1 aliphatic rings. The van der Waals surface area contributed by atoms with Gasteiger partial charge in [0.2, 0.25) is 0 Å². The van der Waals surface area contributed by atoms with E-state index in [1.807, 2.05) is 0 Å². The molecule has 0 aromatic carbocycles. The van der Waals surface area contributed by atoms with Gasteiger partial charge >= 0.3 is 0 Å². The minimum Gasteiger partial charge on any atom is -0.367 e. The van der Waals surface area contributed by atoms with Crippen molar-refractivity contribution in [2.24, 2.45) is 5.92 Å². The molecular weight excluding hydrogens is 188 g/mol. The molecule has 4 nitrogen and oxygen atoms in total. The molecule has 0 unspecified atom stereocenters. The summed E-state index contributed by atoms with van der Waals surface area (Å²) < 4.78 is 0. The molecule has 0 saturated heterocycles. The molecule has 1 heterocycles. The van der Waals surface area contributed by atoms with Crippen LogP contribution in [0.2, 0.25) is 0 Å². The van der Waals surface area contributed by atoms with Crippen LogP contribution in [-0.4, -0.2) is 16.7 Å².